The van der Waals surface area contributed by atoms with E-state index in [1.165, 1.54) is 0 Å². The van der Waals surface area contributed by atoms with Gasteiger partial charge in [0.2, 0.25) is 0 Å². The van der Waals surface area contributed by atoms with Gasteiger partial charge in [0.25, 0.3) is 0 Å². The minimum Gasteiger partial charge on any atom is -0.308 e. The summed E-state index contributed by atoms with van der Waals surface area (Å²) in [6.45, 7) is 7.97. The summed E-state index contributed by atoms with van der Waals surface area (Å²) < 4.78 is 0. The predicted molar refractivity (Wildman–Crippen MR) is 76.7 cm³/mol. The van der Waals surface area contributed by atoms with Gasteiger partial charge in [-0.3, -0.25) is 4.98 Å². The smallest absolute Gasteiger partial charge is 0.161 e. The van der Waals surface area contributed by atoms with Crippen LogP contribution < -0.4 is 11.3 Å². The first-order valence-corrected chi connectivity index (χ1v) is 6.35. The van der Waals surface area contributed by atoms with Gasteiger partial charge in [-0.05, 0) is 39.3 Å². The Kier molecular flexibility index (Phi) is 3.76. The molecule has 0 aliphatic carbocycles. The van der Waals surface area contributed by atoms with Crippen molar-refractivity contribution in [3.63, 3.8) is 0 Å². The summed E-state index contributed by atoms with van der Waals surface area (Å²) in [4.78, 5) is 13.4. The maximum absolute atomic E-state index is 5.55. The number of hydrogen-bond donors (Lipinski definition) is 2. The van der Waals surface area contributed by atoms with Crippen LogP contribution in [0.5, 0.6) is 0 Å². The number of aromatic nitrogens is 3. The summed E-state index contributed by atoms with van der Waals surface area (Å²) in [6, 6.07) is 3.96. The molecule has 0 atom stereocenters. The fourth-order valence-electron chi connectivity index (χ4n) is 2.23. The van der Waals surface area contributed by atoms with Crippen molar-refractivity contribution in [2.75, 3.05) is 5.43 Å². The highest BCUT2D eigenvalue weighted by atomic mass is 15.3. The zero-order valence-corrected chi connectivity index (χ0v) is 11.8. The van der Waals surface area contributed by atoms with Crippen molar-refractivity contribution in [3.8, 4) is 11.4 Å². The molecule has 2 heterocycles. The van der Waals surface area contributed by atoms with Gasteiger partial charge in [0.05, 0.1) is 0 Å². The highest BCUT2D eigenvalue weighted by Crippen LogP contribution is 2.23. The fraction of sp³-hybridized carbons (Fsp3) is 0.357. The van der Waals surface area contributed by atoms with Crippen LogP contribution in [0.3, 0.4) is 0 Å². The third-order valence-corrected chi connectivity index (χ3v) is 3.04. The summed E-state index contributed by atoms with van der Waals surface area (Å²) in [5.74, 6) is 6.92. The summed E-state index contributed by atoms with van der Waals surface area (Å²) in [5.41, 5.74) is 7.54. The molecule has 3 N–H and O–H groups in total. The van der Waals surface area contributed by atoms with Gasteiger partial charge < -0.3 is 5.43 Å². The average Bonchev–Trinajstić information content (AvgIpc) is 2.36. The second-order valence-electron chi connectivity index (χ2n) is 4.60. The highest BCUT2D eigenvalue weighted by molar-refractivity contribution is 5.60. The Balaban J connectivity index is 2.59. The lowest BCUT2D eigenvalue weighted by molar-refractivity contribution is 0.992. The molecule has 0 fully saturated rings. The summed E-state index contributed by atoms with van der Waals surface area (Å²) >= 11 is 0. The number of nitrogens with one attached hydrogen (secondary N) is 1. The van der Waals surface area contributed by atoms with Crippen molar-refractivity contribution in [3.05, 3.63) is 34.8 Å². The van der Waals surface area contributed by atoms with E-state index in [0.717, 1.165) is 34.6 Å². The van der Waals surface area contributed by atoms with Crippen molar-refractivity contribution in [2.45, 2.75) is 34.1 Å². The van der Waals surface area contributed by atoms with Gasteiger partial charge in [0, 0.05) is 28.2 Å². The standard InChI is InChI=1S/C14H19N5/c1-5-12-10(4)17-13(18-14(12)19-15)11-6-8(2)16-9(3)7-11/h6-7H,5,15H2,1-4H3,(H,17,18,19). The Morgan fingerprint density at radius 2 is 1.68 bits per heavy atom. The minimum absolute atomic E-state index is 0.677. The monoisotopic (exact) mass is 257 g/mol. The van der Waals surface area contributed by atoms with Gasteiger partial charge in [0.1, 0.15) is 5.82 Å². The van der Waals surface area contributed by atoms with E-state index in [1.807, 2.05) is 32.9 Å². The van der Waals surface area contributed by atoms with E-state index in [2.05, 4.69) is 27.3 Å². The molecule has 100 valence electrons. The van der Waals surface area contributed by atoms with Crippen LogP contribution in [-0.2, 0) is 6.42 Å². The van der Waals surface area contributed by atoms with E-state index in [0.29, 0.717) is 11.6 Å². The number of aryl methyl sites for hydroxylation is 3. The number of pyridine rings is 1. The Morgan fingerprint density at radius 1 is 1.05 bits per heavy atom. The first-order chi connectivity index (χ1) is 9.05. The van der Waals surface area contributed by atoms with Crippen molar-refractivity contribution >= 4 is 5.82 Å². The molecule has 19 heavy (non-hydrogen) atoms. The Labute approximate surface area is 113 Å². The highest BCUT2D eigenvalue weighted by Gasteiger charge is 2.11. The molecule has 0 aromatic carbocycles. The molecular formula is C14H19N5. The molecule has 5 heteroatoms. The van der Waals surface area contributed by atoms with Crippen LogP contribution in [0, 0.1) is 20.8 Å². The van der Waals surface area contributed by atoms with Crippen molar-refractivity contribution in [2.24, 2.45) is 5.84 Å². The molecule has 5 nitrogen and oxygen atoms in total. The molecule has 0 unspecified atom stereocenters. The Hall–Kier alpha value is -2.01. The van der Waals surface area contributed by atoms with Crippen LogP contribution in [0.15, 0.2) is 12.1 Å². The van der Waals surface area contributed by atoms with Crippen molar-refractivity contribution < 1.29 is 0 Å². The first kappa shape index (κ1) is 13.4. The summed E-state index contributed by atoms with van der Waals surface area (Å²) in [5, 5.41) is 0. The molecule has 2 aromatic rings. The lowest BCUT2D eigenvalue weighted by Gasteiger charge is -2.12. The van der Waals surface area contributed by atoms with Gasteiger partial charge in [-0.15, -0.1) is 0 Å². The molecular weight excluding hydrogens is 238 g/mol. The number of nitrogens with two attached hydrogens (primary N) is 1. The molecule has 0 aliphatic heterocycles. The van der Waals surface area contributed by atoms with Gasteiger partial charge in [-0.2, -0.15) is 0 Å². The molecule has 0 aliphatic rings. The largest absolute Gasteiger partial charge is 0.308 e. The quantitative estimate of drug-likeness (QED) is 0.651. The molecule has 0 radical (unpaired) electrons. The van der Waals surface area contributed by atoms with E-state index >= 15 is 0 Å². The zero-order valence-electron chi connectivity index (χ0n) is 11.8. The third kappa shape index (κ3) is 2.71. The van der Waals surface area contributed by atoms with Crippen LogP contribution in [0.2, 0.25) is 0 Å². The number of nitrogens with zero attached hydrogens (tertiary/aromatic N) is 3. The van der Waals surface area contributed by atoms with Gasteiger partial charge in [0.15, 0.2) is 5.82 Å². The van der Waals surface area contributed by atoms with Crippen LogP contribution in [-0.4, -0.2) is 15.0 Å². The SMILES string of the molecule is CCc1c(C)nc(-c2cc(C)nc(C)c2)nc1NN. The molecule has 0 amide bonds. The van der Waals surface area contributed by atoms with Crippen LogP contribution in [0.25, 0.3) is 11.4 Å². The van der Waals surface area contributed by atoms with Crippen LogP contribution >= 0.6 is 0 Å². The number of hydrazine groups is 1. The molecule has 0 saturated carbocycles. The first-order valence-electron chi connectivity index (χ1n) is 6.35. The second kappa shape index (κ2) is 5.32. The number of hydrogen-bond acceptors (Lipinski definition) is 5. The molecule has 0 saturated heterocycles. The maximum atomic E-state index is 5.55. The number of anilines is 1. The average molecular weight is 257 g/mol. The number of rotatable bonds is 3. The van der Waals surface area contributed by atoms with E-state index in [-0.39, 0.29) is 0 Å². The lowest BCUT2D eigenvalue weighted by atomic mass is 10.1. The second-order valence-corrected chi connectivity index (χ2v) is 4.60. The Bertz CT molecular complexity index is 587. The van der Waals surface area contributed by atoms with E-state index in [4.69, 9.17) is 5.84 Å². The van der Waals surface area contributed by atoms with Gasteiger partial charge in [-0.1, -0.05) is 6.92 Å². The summed E-state index contributed by atoms with van der Waals surface area (Å²) in [7, 11) is 0. The normalized spacial score (nSPS) is 10.6. The van der Waals surface area contributed by atoms with Gasteiger partial charge >= 0.3 is 0 Å². The van der Waals surface area contributed by atoms with Gasteiger partial charge in [-0.25, -0.2) is 15.8 Å². The van der Waals surface area contributed by atoms with Crippen molar-refractivity contribution in [1.82, 2.24) is 15.0 Å². The molecule has 0 bridgehead atoms. The summed E-state index contributed by atoms with van der Waals surface area (Å²) in [6.07, 6.45) is 0.847. The molecule has 2 rings (SSSR count). The molecule has 2 aromatic heterocycles. The Morgan fingerprint density at radius 3 is 2.21 bits per heavy atom. The molecule has 0 spiro atoms. The predicted octanol–water partition coefficient (Wildman–Crippen LogP) is 2.31. The van der Waals surface area contributed by atoms with E-state index < -0.39 is 0 Å². The maximum Gasteiger partial charge on any atom is 0.161 e. The topological polar surface area (TPSA) is 76.7 Å². The van der Waals surface area contributed by atoms with Crippen molar-refractivity contribution in [1.29, 1.82) is 0 Å². The van der Waals surface area contributed by atoms with Crippen LogP contribution in [0.4, 0.5) is 5.82 Å². The minimum atomic E-state index is 0.677. The lowest BCUT2D eigenvalue weighted by Crippen LogP contribution is -2.13. The number of nitrogen functional groups attached to an aromatic ring is 1. The fourth-order valence-corrected chi connectivity index (χ4v) is 2.23. The van der Waals surface area contributed by atoms with E-state index in [1.54, 1.807) is 0 Å². The van der Waals surface area contributed by atoms with E-state index in [9.17, 15) is 0 Å². The zero-order chi connectivity index (χ0) is 14.0. The third-order valence-electron chi connectivity index (χ3n) is 3.04. The van der Waals surface area contributed by atoms with Crippen LogP contribution in [0.1, 0.15) is 29.6 Å².